The van der Waals surface area contributed by atoms with Crippen LogP contribution in [0.25, 0.3) is 0 Å². The summed E-state index contributed by atoms with van der Waals surface area (Å²) >= 11 is 10.6. The van der Waals surface area contributed by atoms with Crippen molar-refractivity contribution in [1.29, 1.82) is 0 Å². The molecule has 0 spiro atoms. The fourth-order valence-electron chi connectivity index (χ4n) is 1.28. The van der Waals surface area contributed by atoms with Gasteiger partial charge in [-0.25, -0.2) is 9.59 Å². The molecule has 0 saturated carbocycles. The molecule has 0 heterocycles. The lowest BCUT2D eigenvalue weighted by atomic mass is 9.85. The summed E-state index contributed by atoms with van der Waals surface area (Å²) < 4.78 is 25.6. The fraction of sp³-hybridized carbons (Fsp3) is 0.353. The van der Waals surface area contributed by atoms with Crippen LogP contribution in [0.5, 0.6) is 0 Å². The molecule has 1 atom stereocenters. The van der Waals surface area contributed by atoms with Gasteiger partial charge in [0.15, 0.2) is 0 Å². The van der Waals surface area contributed by atoms with Crippen molar-refractivity contribution in [3.8, 4) is 47.4 Å². The zero-order valence-electron chi connectivity index (χ0n) is 13.4. The van der Waals surface area contributed by atoms with E-state index in [9.17, 15) is 18.8 Å². The molecule has 0 saturated heterocycles. The Hall–Kier alpha value is -2.84. The van der Waals surface area contributed by atoms with Gasteiger partial charge in [0, 0.05) is 18.7 Å². The summed E-state index contributed by atoms with van der Waals surface area (Å²) in [5, 5.41) is 1.82. The van der Waals surface area contributed by atoms with Gasteiger partial charge >= 0.3 is 17.9 Å². The van der Waals surface area contributed by atoms with Crippen LogP contribution in [0.1, 0.15) is 19.8 Å². The number of hydrogen-bond donors (Lipinski definition) is 0. The molecule has 0 radical (unpaired) electrons. The van der Waals surface area contributed by atoms with Gasteiger partial charge in [0.25, 0.3) is 0 Å². The Balaban J connectivity index is 5.79. The van der Waals surface area contributed by atoms with E-state index in [0.29, 0.717) is 0 Å². The van der Waals surface area contributed by atoms with E-state index in [0.717, 1.165) is 0 Å². The molecule has 26 heavy (non-hydrogen) atoms. The maximum absolute atomic E-state index is 12.3. The van der Waals surface area contributed by atoms with Gasteiger partial charge in [0.05, 0.1) is 12.3 Å². The Bertz CT molecular complexity index is 779. The van der Waals surface area contributed by atoms with Crippen LogP contribution in [-0.2, 0) is 28.6 Å². The molecule has 9 heteroatoms. The second-order valence-corrected chi connectivity index (χ2v) is 4.49. The smallest absolute Gasteiger partial charge is 0.350 e. The van der Waals surface area contributed by atoms with Crippen LogP contribution in [-0.4, -0.2) is 30.5 Å². The van der Waals surface area contributed by atoms with E-state index >= 15 is 0 Å². The fourth-order valence-corrected chi connectivity index (χ4v) is 1.50. The number of carbonyl (C=O) groups excluding carboxylic acids is 3. The molecule has 0 aromatic rings. The van der Waals surface area contributed by atoms with E-state index < -0.39 is 36.4 Å². The van der Waals surface area contributed by atoms with Crippen molar-refractivity contribution in [2.45, 2.75) is 19.8 Å². The summed E-state index contributed by atoms with van der Waals surface area (Å²) in [6.45, 7) is 0.624. The first-order chi connectivity index (χ1) is 12.5. The SMILES string of the molecule is CC#COC(=O)CC(C#CCl)(C(=O)OC#CCCl)C(=O)OC#CCCF. The maximum Gasteiger partial charge on any atom is 0.350 e. The van der Waals surface area contributed by atoms with Gasteiger partial charge in [-0.05, 0) is 17.5 Å². The quantitative estimate of drug-likeness (QED) is 0.230. The summed E-state index contributed by atoms with van der Waals surface area (Å²) in [6, 6.07) is 0. The minimum Gasteiger partial charge on any atom is -0.372 e. The molecule has 136 valence electrons. The molecule has 0 bridgehead atoms. The number of rotatable bonds is 5. The number of hydrogen-bond acceptors (Lipinski definition) is 6. The van der Waals surface area contributed by atoms with E-state index in [-0.39, 0.29) is 12.3 Å². The standard InChI is InChI=1S/C17H11Cl2FO6/c1-2-10-24-14(21)13-17(6-8-19,16(23)26-12-5-7-18)15(22)25-11-4-3-9-20/h3,7,9,13H2,1H3. The lowest BCUT2D eigenvalue weighted by Crippen LogP contribution is -2.42. The average Bonchev–Trinajstić information content (AvgIpc) is 2.62. The maximum atomic E-state index is 12.3. The van der Waals surface area contributed by atoms with Gasteiger partial charge in [-0.1, -0.05) is 17.8 Å². The first kappa shape index (κ1) is 23.2. The summed E-state index contributed by atoms with van der Waals surface area (Å²) in [6.07, 6.45) is 4.68. The molecule has 0 aliphatic rings. The lowest BCUT2D eigenvalue weighted by Gasteiger charge is -2.19. The van der Waals surface area contributed by atoms with Gasteiger partial charge in [-0.3, -0.25) is 9.18 Å². The van der Waals surface area contributed by atoms with Crippen LogP contribution >= 0.6 is 23.2 Å². The number of halogens is 3. The molecule has 0 N–H and O–H groups in total. The molecule has 0 fully saturated rings. The third-order valence-corrected chi connectivity index (χ3v) is 2.58. The zero-order chi connectivity index (χ0) is 19.8. The molecule has 6 nitrogen and oxygen atoms in total. The van der Waals surface area contributed by atoms with Crippen molar-refractivity contribution in [3.63, 3.8) is 0 Å². The second kappa shape index (κ2) is 13.5. The molecular formula is C17H11Cl2FO6. The first-order valence-corrected chi connectivity index (χ1v) is 7.64. The van der Waals surface area contributed by atoms with E-state index in [2.05, 4.69) is 32.0 Å². The summed E-state index contributed by atoms with van der Waals surface area (Å²) in [4.78, 5) is 36.4. The highest BCUT2D eigenvalue weighted by Gasteiger charge is 2.51. The highest BCUT2D eigenvalue weighted by molar-refractivity contribution is 6.30. The van der Waals surface area contributed by atoms with Crippen molar-refractivity contribution in [2.75, 3.05) is 12.6 Å². The molecule has 1 unspecified atom stereocenters. The summed E-state index contributed by atoms with van der Waals surface area (Å²) in [5.41, 5.74) is -2.51. The lowest BCUT2D eigenvalue weighted by molar-refractivity contribution is -0.164. The average molecular weight is 401 g/mol. The van der Waals surface area contributed by atoms with Crippen LogP contribution in [0.3, 0.4) is 0 Å². The van der Waals surface area contributed by atoms with Gasteiger partial charge in [0.1, 0.15) is 25.0 Å². The Morgan fingerprint density at radius 1 is 1.04 bits per heavy atom. The molecule has 0 rings (SSSR count). The van der Waals surface area contributed by atoms with Crippen LogP contribution < -0.4 is 0 Å². The topological polar surface area (TPSA) is 78.9 Å². The Kier molecular flexibility index (Phi) is 12.0. The minimum absolute atomic E-state index is 0.158. The molecule has 0 aromatic heterocycles. The molecule has 0 amide bonds. The Labute approximate surface area is 159 Å². The number of carbonyl (C=O) groups is 3. The highest BCUT2D eigenvalue weighted by Crippen LogP contribution is 2.26. The van der Waals surface area contributed by atoms with Crippen LogP contribution in [0, 0.1) is 52.8 Å². The Morgan fingerprint density at radius 2 is 1.65 bits per heavy atom. The van der Waals surface area contributed by atoms with Crippen molar-refractivity contribution in [3.05, 3.63) is 0 Å². The molecule has 0 aliphatic carbocycles. The predicted octanol–water partition coefficient (Wildman–Crippen LogP) is 1.69. The minimum atomic E-state index is -2.51. The molecule has 0 aliphatic heterocycles. The summed E-state index contributed by atoms with van der Waals surface area (Å²) in [5.74, 6) is 4.73. The predicted molar refractivity (Wildman–Crippen MR) is 89.3 cm³/mol. The van der Waals surface area contributed by atoms with Crippen molar-refractivity contribution in [2.24, 2.45) is 5.41 Å². The number of alkyl halides is 2. The highest BCUT2D eigenvalue weighted by atomic mass is 35.5. The number of esters is 3. The van der Waals surface area contributed by atoms with Crippen LogP contribution in [0.4, 0.5) is 4.39 Å². The van der Waals surface area contributed by atoms with E-state index in [1.165, 1.54) is 6.92 Å². The third kappa shape index (κ3) is 7.82. The third-order valence-electron chi connectivity index (χ3n) is 2.35. The van der Waals surface area contributed by atoms with Crippen LogP contribution in [0.15, 0.2) is 0 Å². The van der Waals surface area contributed by atoms with E-state index in [4.69, 9.17) is 23.2 Å². The normalized spacial score (nSPS) is 10.5. The van der Waals surface area contributed by atoms with E-state index in [1.807, 2.05) is 29.6 Å². The largest absolute Gasteiger partial charge is 0.372 e. The Morgan fingerprint density at radius 3 is 2.15 bits per heavy atom. The monoisotopic (exact) mass is 400 g/mol. The van der Waals surface area contributed by atoms with Crippen molar-refractivity contribution >= 4 is 41.1 Å². The van der Waals surface area contributed by atoms with Gasteiger partial charge < -0.3 is 14.2 Å². The van der Waals surface area contributed by atoms with Crippen LogP contribution in [0.2, 0.25) is 0 Å². The molecule has 0 aromatic carbocycles. The van der Waals surface area contributed by atoms with Gasteiger partial charge in [-0.2, -0.15) is 0 Å². The van der Waals surface area contributed by atoms with Gasteiger partial charge in [-0.15, -0.1) is 11.6 Å². The van der Waals surface area contributed by atoms with E-state index in [1.54, 1.807) is 0 Å². The first-order valence-electron chi connectivity index (χ1n) is 6.72. The number of ether oxygens (including phenoxy) is 3. The molecular weight excluding hydrogens is 390 g/mol. The van der Waals surface area contributed by atoms with Crippen molar-refractivity contribution < 1.29 is 33.0 Å². The zero-order valence-corrected chi connectivity index (χ0v) is 14.9. The summed E-state index contributed by atoms with van der Waals surface area (Å²) in [7, 11) is 0. The van der Waals surface area contributed by atoms with Gasteiger partial charge in [0.2, 0.25) is 5.41 Å². The van der Waals surface area contributed by atoms with Crippen molar-refractivity contribution in [1.82, 2.24) is 0 Å². The second-order valence-electron chi connectivity index (χ2n) is 4.04.